The molecule has 1 fully saturated rings. The van der Waals surface area contributed by atoms with Crippen molar-refractivity contribution < 1.29 is 9.59 Å². The molecule has 1 aliphatic carbocycles. The highest BCUT2D eigenvalue weighted by Crippen LogP contribution is 2.18. The lowest BCUT2D eigenvalue weighted by atomic mass is 10.5. The van der Waals surface area contributed by atoms with E-state index in [4.69, 9.17) is 0 Å². The summed E-state index contributed by atoms with van der Waals surface area (Å²) in [6, 6.07) is -0.0268. The summed E-state index contributed by atoms with van der Waals surface area (Å²) in [5.41, 5.74) is 0. The zero-order valence-electron chi connectivity index (χ0n) is 8.14. The molecule has 2 N–H and O–H groups in total. The molecule has 0 spiro atoms. The van der Waals surface area contributed by atoms with E-state index in [0.29, 0.717) is 6.04 Å². The topological polar surface area (TPSA) is 76.0 Å². The van der Waals surface area contributed by atoms with E-state index in [1.54, 1.807) is 0 Å². The Hall–Kier alpha value is -1.85. The van der Waals surface area contributed by atoms with Gasteiger partial charge in [-0.2, -0.15) is 0 Å². The van der Waals surface area contributed by atoms with E-state index < -0.39 is 0 Å². The fraction of sp³-hybridized carbons (Fsp3) is 0.444. The molecule has 6 heteroatoms. The summed E-state index contributed by atoms with van der Waals surface area (Å²) in [5.74, 6) is -0.147. The van der Waals surface area contributed by atoms with Gasteiger partial charge < -0.3 is 10.6 Å². The molecule has 0 saturated heterocycles. The number of hydrogen-bond donors (Lipinski definition) is 2. The SMILES string of the molecule is O=C(CNC(=O)n1ccnc1)NC1CC1. The second kappa shape index (κ2) is 4.12. The summed E-state index contributed by atoms with van der Waals surface area (Å²) >= 11 is 0. The van der Waals surface area contributed by atoms with Crippen LogP contribution in [0, 0.1) is 0 Å². The molecule has 0 radical (unpaired) electrons. The standard InChI is InChI=1S/C9H12N4O2/c14-8(12-7-1-2-7)5-11-9(15)13-4-3-10-6-13/h3-4,6-7H,1-2,5H2,(H,11,15)(H,12,14). The molecule has 2 rings (SSSR count). The molecule has 1 heterocycles. The largest absolute Gasteiger partial charge is 0.352 e. The van der Waals surface area contributed by atoms with Crippen LogP contribution in [0.2, 0.25) is 0 Å². The Morgan fingerprint density at radius 1 is 1.47 bits per heavy atom. The van der Waals surface area contributed by atoms with Gasteiger partial charge in [0, 0.05) is 18.4 Å². The van der Waals surface area contributed by atoms with Crippen LogP contribution in [0.5, 0.6) is 0 Å². The van der Waals surface area contributed by atoms with Crippen molar-refractivity contribution in [2.24, 2.45) is 0 Å². The number of carbonyl (C=O) groups excluding carboxylic acids is 2. The normalized spacial score (nSPS) is 14.7. The Morgan fingerprint density at radius 3 is 2.87 bits per heavy atom. The fourth-order valence-electron chi connectivity index (χ4n) is 1.13. The first-order chi connectivity index (χ1) is 7.25. The Morgan fingerprint density at radius 2 is 2.27 bits per heavy atom. The van der Waals surface area contributed by atoms with Crippen LogP contribution in [-0.4, -0.2) is 34.1 Å². The van der Waals surface area contributed by atoms with Crippen LogP contribution in [0.25, 0.3) is 0 Å². The number of hydrogen-bond acceptors (Lipinski definition) is 3. The number of nitrogens with one attached hydrogen (secondary N) is 2. The Bertz CT molecular complexity index is 356. The summed E-state index contributed by atoms with van der Waals surface area (Å²) in [5, 5.41) is 5.27. The van der Waals surface area contributed by atoms with Gasteiger partial charge in [0.25, 0.3) is 0 Å². The highest BCUT2D eigenvalue weighted by molar-refractivity contribution is 5.85. The summed E-state index contributed by atoms with van der Waals surface area (Å²) < 4.78 is 1.28. The van der Waals surface area contributed by atoms with Crippen molar-refractivity contribution in [3.63, 3.8) is 0 Å². The predicted octanol–water partition coefficient (Wildman–Crippen LogP) is -0.281. The van der Waals surface area contributed by atoms with Crippen LogP contribution in [0.3, 0.4) is 0 Å². The minimum Gasteiger partial charge on any atom is -0.352 e. The van der Waals surface area contributed by atoms with Crippen LogP contribution >= 0.6 is 0 Å². The molecule has 1 aromatic heterocycles. The van der Waals surface area contributed by atoms with E-state index in [2.05, 4.69) is 15.6 Å². The Kier molecular flexibility index (Phi) is 2.66. The minimum absolute atomic E-state index is 0.00745. The molecule has 0 bridgehead atoms. The van der Waals surface area contributed by atoms with Gasteiger partial charge in [0.05, 0.1) is 6.54 Å². The van der Waals surface area contributed by atoms with Crippen molar-refractivity contribution in [2.45, 2.75) is 18.9 Å². The fourth-order valence-corrected chi connectivity index (χ4v) is 1.13. The second-order valence-corrected chi connectivity index (χ2v) is 3.47. The first-order valence-corrected chi connectivity index (χ1v) is 4.81. The van der Waals surface area contributed by atoms with E-state index >= 15 is 0 Å². The maximum atomic E-state index is 11.3. The van der Waals surface area contributed by atoms with Gasteiger partial charge in [0.1, 0.15) is 6.33 Å². The number of amides is 2. The molecule has 2 amide bonds. The first-order valence-electron chi connectivity index (χ1n) is 4.81. The van der Waals surface area contributed by atoms with E-state index in [0.717, 1.165) is 12.8 Å². The van der Waals surface area contributed by atoms with Gasteiger partial charge in [-0.1, -0.05) is 0 Å². The number of carbonyl (C=O) groups is 2. The number of nitrogens with zero attached hydrogens (tertiary/aromatic N) is 2. The molecular formula is C9H12N4O2. The second-order valence-electron chi connectivity index (χ2n) is 3.47. The molecule has 6 nitrogen and oxygen atoms in total. The van der Waals surface area contributed by atoms with Gasteiger partial charge in [-0.05, 0) is 12.8 Å². The van der Waals surface area contributed by atoms with E-state index in [-0.39, 0.29) is 18.5 Å². The van der Waals surface area contributed by atoms with Crippen LogP contribution in [-0.2, 0) is 4.79 Å². The maximum Gasteiger partial charge on any atom is 0.327 e. The third-order valence-corrected chi connectivity index (χ3v) is 2.08. The van der Waals surface area contributed by atoms with Gasteiger partial charge in [-0.15, -0.1) is 0 Å². The molecule has 80 valence electrons. The number of aromatic nitrogens is 2. The number of rotatable bonds is 3. The van der Waals surface area contributed by atoms with Crippen molar-refractivity contribution in [1.29, 1.82) is 0 Å². The van der Waals surface area contributed by atoms with Crippen LogP contribution in [0.4, 0.5) is 4.79 Å². The van der Waals surface area contributed by atoms with Crippen LogP contribution < -0.4 is 10.6 Å². The summed E-state index contributed by atoms with van der Waals surface area (Å²) in [4.78, 5) is 26.3. The molecule has 0 aromatic carbocycles. The highest BCUT2D eigenvalue weighted by atomic mass is 16.2. The van der Waals surface area contributed by atoms with E-state index in [1.165, 1.54) is 23.3 Å². The van der Waals surface area contributed by atoms with E-state index in [9.17, 15) is 9.59 Å². The summed E-state index contributed by atoms with van der Waals surface area (Å²) in [6.45, 7) is 0.00745. The van der Waals surface area contributed by atoms with E-state index in [1.807, 2.05) is 0 Å². The Balaban J connectivity index is 1.72. The molecule has 1 aromatic rings. The van der Waals surface area contributed by atoms with Crippen molar-refractivity contribution in [2.75, 3.05) is 6.54 Å². The molecule has 15 heavy (non-hydrogen) atoms. The highest BCUT2D eigenvalue weighted by Gasteiger charge is 2.23. The van der Waals surface area contributed by atoms with Crippen LogP contribution in [0.1, 0.15) is 12.8 Å². The van der Waals surface area contributed by atoms with Crippen molar-refractivity contribution in [1.82, 2.24) is 20.2 Å². The number of imidazole rings is 1. The van der Waals surface area contributed by atoms with Gasteiger partial charge >= 0.3 is 6.03 Å². The third-order valence-electron chi connectivity index (χ3n) is 2.08. The first kappa shape index (κ1) is 9.70. The average Bonchev–Trinajstić information content (AvgIpc) is 2.86. The third kappa shape index (κ3) is 2.80. The van der Waals surface area contributed by atoms with Gasteiger partial charge in [-0.25, -0.2) is 9.78 Å². The van der Waals surface area contributed by atoms with Crippen molar-refractivity contribution in [3.05, 3.63) is 18.7 Å². The lowest BCUT2D eigenvalue weighted by molar-refractivity contribution is -0.120. The molecule has 1 saturated carbocycles. The Labute approximate surface area is 86.7 Å². The van der Waals surface area contributed by atoms with Crippen molar-refractivity contribution >= 4 is 11.9 Å². The lowest BCUT2D eigenvalue weighted by Crippen LogP contribution is -2.39. The van der Waals surface area contributed by atoms with Gasteiger partial charge in [0.15, 0.2) is 0 Å². The zero-order valence-corrected chi connectivity index (χ0v) is 8.14. The molecule has 0 unspecified atom stereocenters. The quantitative estimate of drug-likeness (QED) is 0.717. The smallest absolute Gasteiger partial charge is 0.327 e. The monoisotopic (exact) mass is 208 g/mol. The average molecular weight is 208 g/mol. The van der Waals surface area contributed by atoms with Crippen molar-refractivity contribution in [3.8, 4) is 0 Å². The zero-order chi connectivity index (χ0) is 10.7. The molecule has 1 aliphatic rings. The van der Waals surface area contributed by atoms with Crippen LogP contribution in [0.15, 0.2) is 18.7 Å². The molecular weight excluding hydrogens is 196 g/mol. The minimum atomic E-state index is -0.349. The summed E-state index contributed by atoms with van der Waals surface area (Å²) in [6.07, 6.45) is 6.49. The summed E-state index contributed by atoms with van der Waals surface area (Å²) in [7, 11) is 0. The van der Waals surface area contributed by atoms with Gasteiger partial charge in [0.2, 0.25) is 5.91 Å². The molecule has 0 atom stereocenters. The molecule has 0 aliphatic heterocycles. The predicted molar refractivity (Wildman–Crippen MR) is 52.2 cm³/mol. The maximum absolute atomic E-state index is 11.3. The lowest BCUT2D eigenvalue weighted by Gasteiger charge is -2.05. The van der Waals surface area contributed by atoms with Gasteiger partial charge in [-0.3, -0.25) is 9.36 Å².